The number of methoxy groups -OCH3 is 1. The molecule has 5 heteroatoms. The molecule has 1 rings (SSSR count). The van der Waals surface area contributed by atoms with Crippen molar-refractivity contribution in [1.82, 2.24) is 10.6 Å². The molecule has 1 amide bonds. The fourth-order valence-corrected chi connectivity index (χ4v) is 1.48. The maximum Gasteiger partial charge on any atom is 0.237 e. The zero-order valence-electron chi connectivity index (χ0n) is 8.54. The molecule has 2 N–H and O–H groups in total. The lowest BCUT2D eigenvalue weighted by Crippen LogP contribution is -2.47. The van der Waals surface area contributed by atoms with E-state index in [9.17, 15) is 4.79 Å². The van der Waals surface area contributed by atoms with Gasteiger partial charge in [-0.15, -0.1) is 12.4 Å². The van der Waals surface area contributed by atoms with Gasteiger partial charge in [0.2, 0.25) is 5.91 Å². The summed E-state index contributed by atoms with van der Waals surface area (Å²) in [6.07, 6.45) is 3.29. The maximum atomic E-state index is 11.4. The van der Waals surface area contributed by atoms with Crippen LogP contribution in [-0.2, 0) is 9.53 Å². The van der Waals surface area contributed by atoms with Crippen LogP contribution in [0.2, 0.25) is 0 Å². The summed E-state index contributed by atoms with van der Waals surface area (Å²) in [6, 6.07) is 0.0191. The number of carbonyl (C=O) groups excluding carboxylic acids is 1. The van der Waals surface area contributed by atoms with E-state index in [0.717, 1.165) is 19.4 Å². The lowest BCUT2D eigenvalue weighted by Gasteiger charge is -2.22. The van der Waals surface area contributed by atoms with Crippen LogP contribution < -0.4 is 10.6 Å². The van der Waals surface area contributed by atoms with Crippen molar-refractivity contribution in [2.45, 2.75) is 25.3 Å². The SMILES string of the molecule is COCCNC(=O)C1CCCCN1.Cl. The zero-order chi connectivity index (χ0) is 9.52. The Bertz CT molecular complexity index is 161. The molecule has 1 aliphatic heterocycles. The van der Waals surface area contributed by atoms with Crippen molar-refractivity contribution < 1.29 is 9.53 Å². The van der Waals surface area contributed by atoms with Crippen LogP contribution in [0, 0.1) is 0 Å². The average Bonchev–Trinajstić information content (AvgIpc) is 2.19. The van der Waals surface area contributed by atoms with Crippen LogP contribution in [0.25, 0.3) is 0 Å². The van der Waals surface area contributed by atoms with Gasteiger partial charge in [-0.25, -0.2) is 0 Å². The molecule has 0 saturated carbocycles. The van der Waals surface area contributed by atoms with Gasteiger partial charge in [0.15, 0.2) is 0 Å². The molecule has 1 fully saturated rings. The number of ether oxygens (including phenoxy) is 1. The lowest BCUT2D eigenvalue weighted by molar-refractivity contribution is -0.123. The molecule has 0 aromatic rings. The van der Waals surface area contributed by atoms with E-state index >= 15 is 0 Å². The van der Waals surface area contributed by atoms with Crippen LogP contribution in [0.4, 0.5) is 0 Å². The second-order valence-electron chi connectivity index (χ2n) is 3.29. The molecule has 0 bridgehead atoms. The maximum absolute atomic E-state index is 11.4. The molecule has 1 saturated heterocycles. The Morgan fingerprint density at radius 2 is 2.36 bits per heavy atom. The van der Waals surface area contributed by atoms with Gasteiger partial charge in [-0.3, -0.25) is 4.79 Å². The quantitative estimate of drug-likeness (QED) is 0.674. The largest absolute Gasteiger partial charge is 0.383 e. The van der Waals surface area contributed by atoms with E-state index in [0.29, 0.717) is 13.2 Å². The van der Waals surface area contributed by atoms with Crippen molar-refractivity contribution >= 4 is 18.3 Å². The van der Waals surface area contributed by atoms with E-state index in [1.54, 1.807) is 7.11 Å². The van der Waals surface area contributed by atoms with Crippen molar-refractivity contribution in [3.8, 4) is 0 Å². The van der Waals surface area contributed by atoms with Crippen LogP contribution in [-0.4, -0.2) is 38.8 Å². The van der Waals surface area contributed by atoms with E-state index in [4.69, 9.17) is 4.74 Å². The molecule has 0 spiro atoms. The fourth-order valence-electron chi connectivity index (χ4n) is 1.48. The smallest absolute Gasteiger partial charge is 0.237 e. The highest BCUT2D eigenvalue weighted by Crippen LogP contribution is 2.06. The van der Waals surface area contributed by atoms with E-state index in [1.165, 1.54) is 6.42 Å². The number of rotatable bonds is 4. The van der Waals surface area contributed by atoms with Crippen LogP contribution in [0.15, 0.2) is 0 Å². The minimum atomic E-state index is 0. The van der Waals surface area contributed by atoms with E-state index in [-0.39, 0.29) is 24.4 Å². The monoisotopic (exact) mass is 222 g/mol. The molecule has 1 unspecified atom stereocenters. The summed E-state index contributed by atoms with van der Waals surface area (Å²) in [5.74, 6) is 0.108. The first kappa shape index (κ1) is 13.7. The summed E-state index contributed by atoms with van der Waals surface area (Å²) >= 11 is 0. The van der Waals surface area contributed by atoms with Gasteiger partial charge >= 0.3 is 0 Å². The van der Waals surface area contributed by atoms with Crippen LogP contribution >= 0.6 is 12.4 Å². The Morgan fingerprint density at radius 3 is 2.93 bits per heavy atom. The predicted molar refractivity (Wildman–Crippen MR) is 57.8 cm³/mol. The molecule has 1 atom stereocenters. The Labute approximate surface area is 91.2 Å². The third kappa shape index (κ3) is 4.79. The standard InChI is InChI=1S/C9H18N2O2.ClH/c1-13-7-6-11-9(12)8-4-2-3-5-10-8;/h8,10H,2-7H2,1H3,(H,11,12);1H. The van der Waals surface area contributed by atoms with Gasteiger partial charge < -0.3 is 15.4 Å². The number of amides is 1. The van der Waals surface area contributed by atoms with E-state index in [2.05, 4.69) is 10.6 Å². The van der Waals surface area contributed by atoms with Crippen molar-refractivity contribution in [3.05, 3.63) is 0 Å². The lowest BCUT2D eigenvalue weighted by atomic mass is 10.0. The third-order valence-electron chi connectivity index (χ3n) is 2.23. The van der Waals surface area contributed by atoms with Crippen molar-refractivity contribution in [2.75, 3.05) is 26.8 Å². The summed E-state index contributed by atoms with van der Waals surface area (Å²) in [4.78, 5) is 11.4. The molecule has 0 aromatic heterocycles. The number of nitrogens with one attached hydrogen (secondary N) is 2. The van der Waals surface area contributed by atoms with Gasteiger partial charge in [-0.05, 0) is 19.4 Å². The third-order valence-corrected chi connectivity index (χ3v) is 2.23. The van der Waals surface area contributed by atoms with Gasteiger partial charge in [0.05, 0.1) is 12.6 Å². The first-order chi connectivity index (χ1) is 6.34. The molecule has 14 heavy (non-hydrogen) atoms. The normalized spacial score (nSPS) is 21.1. The van der Waals surface area contributed by atoms with Gasteiger partial charge in [0.1, 0.15) is 0 Å². The number of hydrogen-bond acceptors (Lipinski definition) is 3. The molecular weight excluding hydrogens is 204 g/mol. The minimum Gasteiger partial charge on any atom is -0.383 e. The highest BCUT2D eigenvalue weighted by molar-refractivity contribution is 5.85. The van der Waals surface area contributed by atoms with Gasteiger partial charge in [-0.1, -0.05) is 6.42 Å². The summed E-state index contributed by atoms with van der Waals surface area (Å²) in [5, 5.41) is 6.02. The molecule has 0 radical (unpaired) electrons. The van der Waals surface area contributed by atoms with Crippen LogP contribution in [0.3, 0.4) is 0 Å². The van der Waals surface area contributed by atoms with Crippen molar-refractivity contribution in [1.29, 1.82) is 0 Å². The summed E-state index contributed by atoms with van der Waals surface area (Å²) < 4.78 is 4.84. The Morgan fingerprint density at radius 1 is 1.57 bits per heavy atom. The zero-order valence-corrected chi connectivity index (χ0v) is 9.36. The second kappa shape index (κ2) is 8.03. The highest BCUT2D eigenvalue weighted by atomic mass is 35.5. The molecule has 0 aliphatic carbocycles. The summed E-state index contributed by atoms with van der Waals surface area (Å²) in [7, 11) is 1.63. The first-order valence-corrected chi connectivity index (χ1v) is 4.84. The van der Waals surface area contributed by atoms with Crippen LogP contribution in [0.5, 0.6) is 0 Å². The Hall–Kier alpha value is -0.320. The highest BCUT2D eigenvalue weighted by Gasteiger charge is 2.19. The molecule has 4 nitrogen and oxygen atoms in total. The number of halogens is 1. The molecule has 1 aliphatic rings. The minimum absolute atomic E-state index is 0. The molecular formula is C9H19ClN2O2. The predicted octanol–water partition coefficient (Wildman–Crippen LogP) is 0.313. The van der Waals surface area contributed by atoms with Crippen molar-refractivity contribution in [2.24, 2.45) is 0 Å². The molecule has 1 heterocycles. The number of hydrogen-bond donors (Lipinski definition) is 2. The summed E-state index contributed by atoms with van der Waals surface area (Å²) in [6.45, 7) is 2.15. The van der Waals surface area contributed by atoms with E-state index in [1.807, 2.05) is 0 Å². The Balaban J connectivity index is 0.00000169. The van der Waals surface area contributed by atoms with Crippen LogP contribution in [0.1, 0.15) is 19.3 Å². The van der Waals surface area contributed by atoms with E-state index < -0.39 is 0 Å². The molecule has 0 aromatic carbocycles. The number of piperidine rings is 1. The van der Waals surface area contributed by atoms with Crippen molar-refractivity contribution in [3.63, 3.8) is 0 Å². The van der Waals surface area contributed by atoms with Gasteiger partial charge in [0.25, 0.3) is 0 Å². The number of carbonyl (C=O) groups is 1. The topological polar surface area (TPSA) is 50.4 Å². The van der Waals surface area contributed by atoms with Gasteiger partial charge in [-0.2, -0.15) is 0 Å². The average molecular weight is 223 g/mol. The fraction of sp³-hybridized carbons (Fsp3) is 0.889. The first-order valence-electron chi connectivity index (χ1n) is 4.84. The Kier molecular flexibility index (Phi) is 7.84. The molecule has 84 valence electrons. The second-order valence-corrected chi connectivity index (χ2v) is 3.29. The van der Waals surface area contributed by atoms with Gasteiger partial charge in [0, 0.05) is 13.7 Å². The summed E-state index contributed by atoms with van der Waals surface area (Å²) in [5.41, 5.74) is 0.